The molecular formula is C11H10ClNO4. The summed E-state index contributed by atoms with van der Waals surface area (Å²) < 4.78 is 5.27. The quantitative estimate of drug-likeness (QED) is 0.258. The number of allylic oxidation sites excluding steroid dienone is 1. The molecule has 0 aromatic heterocycles. The summed E-state index contributed by atoms with van der Waals surface area (Å²) in [5, 5.41) is 10.5. The molecule has 1 aromatic carbocycles. The van der Waals surface area contributed by atoms with Crippen LogP contribution in [-0.4, -0.2) is 23.7 Å². The van der Waals surface area contributed by atoms with Crippen LogP contribution in [0.1, 0.15) is 10.4 Å². The lowest BCUT2D eigenvalue weighted by atomic mass is 10.2. The highest BCUT2D eigenvalue weighted by atomic mass is 35.5. The number of alkyl halides is 1. The number of hydrogen-bond donors (Lipinski definition) is 0. The molecule has 17 heavy (non-hydrogen) atoms. The lowest BCUT2D eigenvalue weighted by Gasteiger charge is -2.05. The van der Waals surface area contributed by atoms with Crippen LogP contribution in [0.15, 0.2) is 30.4 Å². The van der Waals surface area contributed by atoms with Crippen LogP contribution in [0.5, 0.6) is 5.75 Å². The topological polar surface area (TPSA) is 69.4 Å². The van der Waals surface area contributed by atoms with Crippen molar-refractivity contribution in [1.29, 1.82) is 0 Å². The molecule has 0 spiro atoms. The van der Waals surface area contributed by atoms with Gasteiger partial charge in [-0.25, -0.2) is 0 Å². The third kappa shape index (κ3) is 3.88. The Bertz CT molecular complexity index is 445. The minimum atomic E-state index is -0.565. The van der Waals surface area contributed by atoms with Crippen LogP contribution in [0.4, 0.5) is 5.69 Å². The number of nitro benzene ring substituents is 1. The Morgan fingerprint density at radius 3 is 2.76 bits per heavy atom. The molecule has 0 aliphatic carbocycles. The monoisotopic (exact) mass is 255 g/mol. The fourth-order valence-electron chi connectivity index (χ4n) is 1.14. The van der Waals surface area contributed by atoms with Crippen molar-refractivity contribution in [1.82, 2.24) is 0 Å². The van der Waals surface area contributed by atoms with Crippen molar-refractivity contribution in [2.24, 2.45) is 0 Å². The second kappa shape index (κ2) is 6.65. The number of ether oxygens (including phenoxy) is 1. The molecule has 0 heterocycles. The number of nitrogens with zero attached hydrogens (tertiary/aromatic N) is 1. The molecule has 5 nitrogen and oxygen atoms in total. The van der Waals surface area contributed by atoms with Crippen LogP contribution in [0.3, 0.4) is 0 Å². The summed E-state index contributed by atoms with van der Waals surface area (Å²) in [5.74, 6) is 0.689. The summed E-state index contributed by atoms with van der Waals surface area (Å²) in [7, 11) is 0. The largest absolute Gasteiger partial charge is 0.489 e. The molecule has 6 heteroatoms. The minimum absolute atomic E-state index is 0.143. The molecule has 0 aliphatic heterocycles. The number of rotatable bonds is 6. The maximum absolute atomic E-state index is 10.7. The van der Waals surface area contributed by atoms with Crippen molar-refractivity contribution >= 4 is 23.6 Å². The molecule has 0 bridgehead atoms. The van der Waals surface area contributed by atoms with Crippen LogP contribution in [0.25, 0.3) is 0 Å². The minimum Gasteiger partial charge on any atom is -0.489 e. The number of halogens is 1. The number of benzene rings is 1. The third-order valence-corrected chi connectivity index (χ3v) is 2.10. The number of hydrogen-bond acceptors (Lipinski definition) is 4. The fraction of sp³-hybridized carbons (Fsp3) is 0.182. The smallest absolute Gasteiger partial charge is 0.270 e. The average Bonchev–Trinajstić information content (AvgIpc) is 2.34. The highest BCUT2D eigenvalue weighted by molar-refractivity contribution is 6.18. The Morgan fingerprint density at radius 2 is 2.18 bits per heavy atom. The van der Waals surface area contributed by atoms with E-state index in [4.69, 9.17) is 16.3 Å². The molecule has 0 aliphatic rings. The summed E-state index contributed by atoms with van der Waals surface area (Å²) in [4.78, 5) is 20.7. The first-order valence-corrected chi connectivity index (χ1v) is 5.30. The van der Waals surface area contributed by atoms with E-state index >= 15 is 0 Å². The molecule has 0 saturated carbocycles. The predicted molar refractivity (Wildman–Crippen MR) is 63.8 cm³/mol. The maximum Gasteiger partial charge on any atom is 0.270 e. The van der Waals surface area contributed by atoms with E-state index in [1.165, 1.54) is 18.2 Å². The van der Waals surface area contributed by atoms with E-state index in [2.05, 4.69) is 0 Å². The van der Waals surface area contributed by atoms with Crippen molar-refractivity contribution in [2.75, 3.05) is 12.5 Å². The van der Waals surface area contributed by atoms with E-state index in [0.717, 1.165) is 0 Å². The third-order valence-electron chi connectivity index (χ3n) is 1.92. The lowest BCUT2D eigenvalue weighted by molar-refractivity contribution is -0.384. The molecular weight excluding hydrogens is 246 g/mol. The van der Waals surface area contributed by atoms with Gasteiger partial charge < -0.3 is 4.74 Å². The zero-order valence-electron chi connectivity index (χ0n) is 8.84. The Balaban J connectivity index is 2.82. The fourth-order valence-corrected chi connectivity index (χ4v) is 1.27. The van der Waals surface area contributed by atoms with Gasteiger partial charge >= 0.3 is 0 Å². The molecule has 0 fully saturated rings. The second-order valence-corrected chi connectivity index (χ2v) is 3.34. The number of aldehydes is 1. The Hall–Kier alpha value is -1.88. The van der Waals surface area contributed by atoms with Gasteiger partial charge in [0.1, 0.15) is 12.4 Å². The molecule has 1 aromatic rings. The van der Waals surface area contributed by atoms with E-state index in [1.54, 1.807) is 12.2 Å². The summed E-state index contributed by atoms with van der Waals surface area (Å²) in [6.07, 6.45) is 3.92. The van der Waals surface area contributed by atoms with Gasteiger partial charge in [0.25, 0.3) is 5.69 Å². The number of carbonyl (C=O) groups is 1. The Labute approximate surface area is 103 Å². The van der Waals surface area contributed by atoms with Gasteiger partial charge in [-0.2, -0.15) is 0 Å². The first-order chi connectivity index (χ1) is 8.19. The first kappa shape index (κ1) is 13.2. The van der Waals surface area contributed by atoms with Crippen LogP contribution in [-0.2, 0) is 0 Å². The summed E-state index contributed by atoms with van der Waals surface area (Å²) >= 11 is 5.42. The van der Waals surface area contributed by atoms with E-state index in [9.17, 15) is 14.9 Å². The summed E-state index contributed by atoms with van der Waals surface area (Å²) in [6.45, 7) is 0.255. The van der Waals surface area contributed by atoms with Crippen molar-refractivity contribution in [2.45, 2.75) is 0 Å². The van der Waals surface area contributed by atoms with E-state index in [0.29, 0.717) is 17.9 Å². The van der Waals surface area contributed by atoms with E-state index in [-0.39, 0.29) is 17.9 Å². The predicted octanol–water partition coefficient (Wildman–Crippen LogP) is 2.58. The van der Waals surface area contributed by atoms with Crippen LogP contribution in [0.2, 0.25) is 0 Å². The highest BCUT2D eigenvalue weighted by Crippen LogP contribution is 2.22. The van der Waals surface area contributed by atoms with Crippen LogP contribution >= 0.6 is 11.6 Å². The van der Waals surface area contributed by atoms with Crippen molar-refractivity contribution in [3.8, 4) is 5.75 Å². The van der Waals surface area contributed by atoms with Gasteiger partial charge in [-0.3, -0.25) is 14.9 Å². The van der Waals surface area contributed by atoms with Gasteiger partial charge in [0.05, 0.1) is 10.5 Å². The van der Waals surface area contributed by atoms with Gasteiger partial charge in [-0.15, -0.1) is 11.6 Å². The van der Waals surface area contributed by atoms with Crippen molar-refractivity contribution in [3.05, 3.63) is 46.0 Å². The molecule has 0 unspecified atom stereocenters. The van der Waals surface area contributed by atoms with Gasteiger partial charge in [-0.05, 0) is 6.07 Å². The molecule has 0 saturated heterocycles. The van der Waals surface area contributed by atoms with Gasteiger partial charge in [0, 0.05) is 18.0 Å². The van der Waals surface area contributed by atoms with Crippen molar-refractivity contribution in [3.63, 3.8) is 0 Å². The van der Waals surface area contributed by atoms with Crippen molar-refractivity contribution < 1.29 is 14.5 Å². The normalized spacial score (nSPS) is 10.4. The summed E-state index contributed by atoms with van der Waals surface area (Å²) in [5.41, 5.74) is 0.00854. The molecule has 0 amide bonds. The standard InChI is InChI=1S/C11H10ClNO4/c12-5-1-2-6-17-11-4-3-10(13(15)16)7-9(11)8-14/h1-4,7-8H,5-6H2/b2-1+. The van der Waals surface area contributed by atoms with Gasteiger partial charge in [0.15, 0.2) is 6.29 Å². The Kier molecular flexibility index (Phi) is 5.16. The molecule has 0 radical (unpaired) electrons. The molecule has 0 N–H and O–H groups in total. The van der Waals surface area contributed by atoms with E-state index < -0.39 is 4.92 Å². The molecule has 1 rings (SSSR count). The van der Waals surface area contributed by atoms with E-state index in [1.807, 2.05) is 0 Å². The molecule has 90 valence electrons. The summed E-state index contributed by atoms with van der Waals surface area (Å²) in [6, 6.07) is 3.86. The zero-order chi connectivity index (χ0) is 12.7. The zero-order valence-corrected chi connectivity index (χ0v) is 9.59. The second-order valence-electron chi connectivity index (χ2n) is 3.03. The van der Waals surface area contributed by atoms with Gasteiger partial charge in [0.2, 0.25) is 0 Å². The van der Waals surface area contributed by atoms with Gasteiger partial charge in [-0.1, -0.05) is 12.2 Å². The Morgan fingerprint density at radius 1 is 1.41 bits per heavy atom. The lowest BCUT2D eigenvalue weighted by Crippen LogP contribution is -1.98. The first-order valence-electron chi connectivity index (χ1n) is 4.76. The number of non-ortho nitro benzene ring substituents is 1. The van der Waals surface area contributed by atoms with Crippen LogP contribution < -0.4 is 4.74 Å². The average molecular weight is 256 g/mol. The molecule has 0 atom stereocenters. The highest BCUT2D eigenvalue weighted by Gasteiger charge is 2.10. The maximum atomic E-state index is 10.7. The number of carbonyl (C=O) groups excluding carboxylic acids is 1. The SMILES string of the molecule is O=Cc1cc([N+](=O)[O-])ccc1OC/C=C/CCl. The van der Waals surface area contributed by atoms with Crippen LogP contribution in [0, 0.1) is 10.1 Å². The number of nitro groups is 1.